The highest BCUT2D eigenvalue weighted by Crippen LogP contribution is 2.19. The third-order valence-electron chi connectivity index (χ3n) is 2.89. The number of hydrogen-bond acceptors (Lipinski definition) is 4. The molecule has 0 bridgehead atoms. The summed E-state index contributed by atoms with van der Waals surface area (Å²) in [5, 5.41) is 13.0. The summed E-state index contributed by atoms with van der Waals surface area (Å²) in [6.45, 7) is 0.974. The second-order valence-electron chi connectivity index (χ2n) is 4.53. The Kier molecular flexibility index (Phi) is 4.70. The van der Waals surface area contributed by atoms with Crippen molar-refractivity contribution in [3.8, 4) is 17.1 Å². The number of rotatable bonds is 5. The van der Waals surface area contributed by atoms with Crippen molar-refractivity contribution in [2.45, 2.75) is 6.54 Å². The number of nitrogens with zero attached hydrogens (tertiary/aromatic N) is 4. The molecule has 1 aromatic heterocycles. The summed E-state index contributed by atoms with van der Waals surface area (Å²) < 4.78 is 6.62. The van der Waals surface area contributed by atoms with Crippen molar-refractivity contribution in [3.63, 3.8) is 0 Å². The first-order valence-corrected chi connectivity index (χ1v) is 7.80. The normalized spacial score (nSPS) is 10.6. The van der Waals surface area contributed by atoms with Crippen molar-refractivity contribution >= 4 is 27.5 Å². The quantitative estimate of drug-likeness (QED) is 0.676. The van der Waals surface area contributed by atoms with Gasteiger partial charge in [0.1, 0.15) is 12.4 Å². The van der Waals surface area contributed by atoms with Crippen LogP contribution >= 0.6 is 27.5 Å². The van der Waals surface area contributed by atoms with Gasteiger partial charge >= 0.3 is 0 Å². The van der Waals surface area contributed by atoms with Crippen molar-refractivity contribution in [1.82, 2.24) is 20.2 Å². The molecule has 2 aromatic carbocycles. The highest BCUT2D eigenvalue weighted by molar-refractivity contribution is 9.10. The number of ether oxygens (including phenoxy) is 1. The molecular formula is C15H12BrClN4O. The predicted molar refractivity (Wildman–Crippen MR) is 87.9 cm³/mol. The van der Waals surface area contributed by atoms with Gasteiger partial charge in [0.2, 0.25) is 5.82 Å². The first kappa shape index (κ1) is 15.0. The molecule has 0 amide bonds. The zero-order valence-corrected chi connectivity index (χ0v) is 13.8. The minimum absolute atomic E-state index is 0.460. The Morgan fingerprint density at radius 3 is 2.82 bits per heavy atom. The Balaban J connectivity index is 1.60. The van der Waals surface area contributed by atoms with E-state index >= 15 is 0 Å². The summed E-state index contributed by atoms with van der Waals surface area (Å²) in [6.07, 6.45) is 0. The maximum atomic E-state index is 5.96. The monoisotopic (exact) mass is 378 g/mol. The minimum atomic E-state index is 0.460. The number of aromatic nitrogens is 4. The average Bonchev–Trinajstić information content (AvgIpc) is 2.96. The molecule has 0 aliphatic rings. The van der Waals surface area contributed by atoms with Crippen LogP contribution in [0, 0.1) is 0 Å². The lowest BCUT2D eigenvalue weighted by Gasteiger charge is -2.05. The average molecular weight is 380 g/mol. The summed E-state index contributed by atoms with van der Waals surface area (Å²) in [4.78, 5) is 1.51. The van der Waals surface area contributed by atoms with E-state index in [1.54, 1.807) is 12.1 Å². The third kappa shape index (κ3) is 3.84. The SMILES string of the molecule is Clc1cccc(-c2nnn(CCOc3cccc(Br)c3)n2)c1. The lowest BCUT2D eigenvalue weighted by atomic mass is 10.2. The van der Waals surface area contributed by atoms with Gasteiger partial charge in [-0.3, -0.25) is 0 Å². The second kappa shape index (κ2) is 6.89. The van der Waals surface area contributed by atoms with Gasteiger partial charge in [-0.2, -0.15) is 4.80 Å². The van der Waals surface area contributed by atoms with E-state index in [4.69, 9.17) is 16.3 Å². The fourth-order valence-corrected chi connectivity index (χ4v) is 2.45. The maximum Gasteiger partial charge on any atom is 0.204 e. The second-order valence-corrected chi connectivity index (χ2v) is 5.88. The van der Waals surface area contributed by atoms with Gasteiger partial charge < -0.3 is 4.74 Å². The van der Waals surface area contributed by atoms with Gasteiger partial charge in [0.05, 0.1) is 6.54 Å². The molecule has 0 aliphatic carbocycles. The van der Waals surface area contributed by atoms with Gasteiger partial charge in [-0.15, -0.1) is 10.2 Å². The van der Waals surface area contributed by atoms with Crippen LogP contribution in [0.4, 0.5) is 0 Å². The van der Waals surface area contributed by atoms with E-state index in [1.165, 1.54) is 4.80 Å². The highest BCUT2D eigenvalue weighted by Gasteiger charge is 2.06. The van der Waals surface area contributed by atoms with Crippen molar-refractivity contribution in [1.29, 1.82) is 0 Å². The molecule has 3 aromatic rings. The zero-order chi connectivity index (χ0) is 15.4. The smallest absolute Gasteiger partial charge is 0.204 e. The van der Waals surface area contributed by atoms with E-state index in [-0.39, 0.29) is 0 Å². The molecule has 0 saturated heterocycles. The van der Waals surface area contributed by atoms with Crippen LogP contribution in [-0.2, 0) is 6.54 Å². The Morgan fingerprint density at radius 1 is 1.14 bits per heavy atom. The summed E-state index contributed by atoms with van der Waals surface area (Å²) in [7, 11) is 0. The van der Waals surface area contributed by atoms with Crippen LogP contribution in [0.1, 0.15) is 0 Å². The van der Waals surface area contributed by atoms with Crippen LogP contribution < -0.4 is 4.74 Å². The molecule has 22 heavy (non-hydrogen) atoms. The molecule has 0 unspecified atom stereocenters. The molecule has 0 N–H and O–H groups in total. The van der Waals surface area contributed by atoms with E-state index in [0.29, 0.717) is 24.0 Å². The zero-order valence-electron chi connectivity index (χ0n) is 11.5. The summed E-state index contributed by atoms with van der Waals surface area (Å²) in [6, 6.07) is 15.0. The van der Waals surface area contributed by atoms with E-state index in [0.717, 1.165) is 15.8 Å². The van der Waals surface area contributed by atoms with Gasteiger partial charge in [-0.1, -0.05) is 45.7 Å². The summed E-state index contributed by atoms with van der Waals surface area (Å²) in [5.41, 5.74) is 0.839. The summed E-state index contributed by atoms with van der Waals surface area (Å²) >= 11 is 9.36. The van der Waals surface area contributed by atoms with Crippen LogP contribution in [-0.4, -0.2) is 26.8 Å². The van der Waals surface area contributed by atoms with Gasteiger partial charge in [-0.25, -0.2) is 0 Å². The van der Waals surface area contributed by atoms with Gasteiger partial charge in [0.25, 0.3) is 0 Å². The molecule has 112 valence electrons. The van der Waals surface area contributed by atoms with Crippen LogP contribution in [0.25, 0.3) is 11.4 Å². The first-order valence-electron chi connectivity index (χ1n) is 6.63. The molecule has 7 heteroatoms. The Morgan fingerprint density at radius 2 is 2.00 bits per heavy atom. The number of hydrogen-bond donors (Lipinski definition) is 0. The number of benzene rings is 2. The molecule has 0 radical (unpaired) electrons. The van der Waals surface area contributed by atoms with E-state index in [2.05, 4.69) is 31.3 Å². The molecule has 5 nitrogen and oxygen atoms in total. The van der Waals surface area contributed by atoms with Gasteiger partial charge in [0.15, 0.2) is 0 Å². The van der Waals surface area contributed by atoms with E-state index in [9.17, 15) is 0 Å². The van der Waals surface area contributed by atoms with E-state index < -0.39 is 0 Å². The molecule has 0 saturated carbocycles. The van der Waals surface area contributed by atoms with Crippen LogP contribution in [0.3, 0.4) is 0 Å². The van der Waals surface area contributed by atoms with Gasteiger partial charge in [0, 0.05) is 15.1 Å². The fraction of sp³-hybridized carbons (Fsp3) is 0.133. The summed E-state index contributed by atoms with van der Waals surface area (Å²) in [5.74, 6) is 1.34. The standard InChI is InChI=1S/C15H12BrClN4O/c16-12-4-2-6-14(10-12)22-8-7-21-19-15(18-20-21)11-3-1-5-13(17)9-11/h1-6,9-10H,7-8H2. The molecule has 1 heterocycles. The van der Waals surface area contributed by atoms with Crippen molar-refractivity contribution < 1.29 is 4.74 Å². The van der Waals surface area contributed by atoms with Crippen molar-refractivity contribution in [2.75, 3.05) is 6.61 Å². The molecule has 0 fully saturated rings. The Labute approximate surface area is 141 Å². The fourth-order valence-electron chi connectivity index (χ4n) is 1.88. The molecule has 0 spiro atoms. The Bertz CT molecular complexity index is 777. The molecular weight excluding hydrogens is 368 g/mol. The predicted octanol–water partition coefficient (Wildman–Crippen LogP) is 3.84. The maximum absolute atomic E-state index is 5.96. The van der Waals surface area contributed by atoms with Crippen molar-refractivity contribution in [3.05, 3.63) is 58.0 Å². The highest BCUT2D eigenvalue weighted by atomic mass is 79.9. The third-order valence-corrected chi connectivity index (χ3v) is 3.62. The van der Waals surface area contributed by atoms with Crippen LogP contribution in [0.2, 0.25) is 5.02 Å². The molecule has 0 aliphatic heterocycles. The Hall–Kier alpha value is -1.92. The van der Waals surface area contributed by atoms with E-state index in [1.807, 2.05) is 36.4 Å². The van der Waals surface area contributed by atoms with Crippen LogP contribution in [0.5, 0.6) is 5.75 Å². The largest absolute Gasteiger partial charge is 0.492 e. The van der Waals surface area contributed by atoms with Gasteiger partial charge in [-0.05, 0) is 35.5 Å². The molecule has 3 rings (SSSR count). The molecule has 0 atom stereocenters. The lowest BCUT2D eigenvalue weighted by Crippen LogP contribution is -2.11. The lowest BCUT2D eigenvalue weighted by molar-refractivity contribution is 0.280. The van der Waals surface area contributed by atoms with Crippen LogP contribution in [0.15, 0.2) is 53.0 Å². The topological polar surface area (TPSA) is 52.8 Å². The minimum Gasteiger partial charge on any atom is -0.492 e. The number of halogens is 2. The number of tetrazole rings is 1. The van der Waals surface area contributed by atoms with Crippen molar-refractivity contribution in [2.24, 2.45) is 0 Å². The first-order chi connectivity index (χ1) is 10.7.